The molecule has 43 heavy (non-hydrogen) atoms. The van der Waals surface area contributed by atoms with Crippen molar-refractivity contribution in [2.24, 2.45) is 0 Å². The first kappa shape index (κ1) is 32.0. The molecule has 0 fully saturated rings. The number of ether oxygens (including phenoxy) is 2. The van der Waals surface area contributed by atoms with E-state index in [0.717, 1.165) is 48.1 Å². The topological polar surface area (TPSA) is 109 Å². The third kappa shape index (κ3) is 8.56. The van der Waals surface area contributed by atoms with E-state index in [9.17, 15) is 9.59 Å². The molecule has 0 radical (unpaired) electrons. The van der Waals surface area contributed by atoms with Gasteiger partial charge in [0.2, 0.25) is 0 Å². The summed E-state index contributed by atoms with van der Waals surface area (Å²) >= 11 is 12.3. The summed E-state index contributed by atoms with van der Waals surface area (Å²) in [5.41, 5.74) is 4.48. The molecule has 2 aromatic carbocycles. The minimum atomic E-state index is -0.0783. The Morgan fingerprint density at radius 2 is 1.49 bits per heavy atom. The number of hydrogen-bond acceptors (Lipinski definition) is 8. The summed E-state index contributed by atoms with van der Waals surface area (Å²) in [6.07, 6.45) is 10.2. The number of ketones is 1. The Kier molecular flexibility index (Phi) is 11.5. The molecular formula is C31H26Br2ClN5O4. The zero-order valence-electron chi connectivity index (χ0n) is 23.2. The van der Waals surface area contributed by atoms with E-state index in [-0.39, 0.29) is 11.3 Å². The number of carbonyl (C=O) groups is 1. The highest BCUT2D eigenvalue weighted by molar-refractivity contribution is 9.11. The van der Waals surface area contributed by atoms with E-state index in [4.69, 9.17) is 21.1 Å². The second-order valence-corrected chi connectivity index (χ2v) is 11.0. The normalized spacial score (nSPS) is 11.5. The highest BCUT2D eigenvalue weighted by Crippen LogP contribution is 2.31. The standard InChI is InChI=1S/C15H12BrN3O2.C11H9BrO2.C5H5ClN2/c1-21-14-7-13-10(6-12(14)16)2-3-15(20)19(13)8-11-4-5-17-9-18-11;1-14-11-6-8-4-9(13)3-2-7(8)5-10(11)12;6-3-5-1-2-7-4-8-5/h2-7,9H,8H2,1H3;2-3,5-6H,4H2,1H3;1-2,4H,3H2. The number of halogens is 3. The van der Waals surface area contributed by atoms with Crippen LogP contribution in [0.25, 0.3) is 17.0 Å². The molecule has 0 unspecified atom stereocenters. The van der Waals surface area contributed by atoms with Crippen LogP contribution in [0.15, 0.2) is 93.4 Å². The maximum absolute atomic E-state index is 12.2. The van der Waals surface area contributed by atoms with E-state index in [1.54, 1.807) is 61.5 Å². The second kappa shape index (κ2) is 15.5. The van der Waals surface area contributed by atoms with E-state index in [2.05, 4.69) is 51.8 Å². The smallest absolute Gasteiger partial charge is 0.251 e. The van der Waals surface area contributed by atoms with Crippen LogP contribution in [-0.4, -0.2) is 44.5 Å². The molecule has 0 saturated heterocycles. The van der Waals surface area contributed by atoms with Crippen LogP contribution in [0.4, 0.5) is 0 Å². The summed E-state index contributed by atoms with van der Waals surface area (Å²) < 4.78 is 13.9. The van der Waals surface area contributed by atoms with Crippen LogP contribution in [-0.2, 0) is 23.6 Å². The summed E-state index contributed by atoms with van der Waals surface area (Å²) in [4.78, 5) is 39.0. The Hall–Kier alpha value is -3.93. The lowest BCUT2D eigenvalue weighted by atomic mass is 9.96. The lowest BCUT2D eigenvalue weighted by molar-refractivity contribution is -0.114. The molecule has 0 spiro atoms. The van der Waals surface area contributed by atoms with E-state index in [1.165, 1.54) is 12.7 Å². The SMILES string of the molecule is COc1cc2c(cc1Br)C=CC(=O)C2.COc1cc2c(ccc(=O)n2Cc2ccncn2)cc1Br.ClCc1ccncn1. The van der Waals surface area contributed by atoms with Gasteiger partial charge in [-0.25, -0.2) is 19.9 Å². The number of aromatic nitrogens is 5. The van der Waals surface area contributed by atoms with Gasteiger partial charge in [0.15, 0.2) is 5.78 Å². The first-order valence-electron chi connectivity index (χ1n) is 12.8. The Balaban J connectivity index is 0.000000165. The molecule has 1 aliphatic carbocycles. The van der Waals surface area contributed by atoms with Crippen LogP contribution in [0.1, 0.15) is 22.5 Å². The van der Waals surface area contributed by atoms with Crippen LogP contribution in [0.5, 0.6) is 11.5 Å². The Morgan fingerprint density at radius 1 is 0.837 bits per heavy atom. The van der Waals surface area contributed by atoms with Crippen LogP contribution in [0.3, 0.4) is 0 Å². The van der Waals surface area contributed by atoms with Crippen molar-refractivity contribution in [2.45, 2.75) is 18.8 Å². The van der Waals surface area contributed by atoms with Crippen molar-refractivity contribution in [3.8, 4) is 11.5 Å². The predicted molar refractivity (Wildman–Crippen MR) is 174 cm³/mol. The third-order valence-electron chi connectivity index (χ3n) is 6.23. The molecule has 0 aliphatic heterocycles. The number of nitrogens with zero attached hydrogens (tertiary/aromatic N) is 5. The molecule has 0 N–H and O–H groups in total. The van der Waals surface area contributed by atoms with Gasteiger partial charge >= 0.3 is 0 Å². The molecule has 0 atom stereocenters. The molecular weight excluding hydrogens is 702 g/mol. The summed E-state index contributed by atoms with van der Waals surface area (Å²) in [5, 5.41) is 0.955. The fourth-order valence-electron chi connectivity index (χ4n) is 4.09. The number of benzene rings is 2. The summed E-state index contributed by atoms with van der Waals surface area (Å²) in [5.74, 6) is 2.06. The summed E-state index contributed by atoms with van der Waals surface area (Å²) in [6.45, 7) is 0.392. The van der Waals surface area contributed by atoms with E-state index in [1.807, 2.05) is 30.3 Å². The van der Waals surface area contributed by atoms with Crippen molar-refractivity contribution in [1.29, 1.82) is 0 Å². The maximum atomic E-state index is 12.2. The number of alkyl halides is 1. The zero-order chi connectivity index (χ0) is 30.8. The van der Waals surface area contributed by atoms with Crippen molar-refractivity contribution in [3.63, 3.8) is 0 Å². The lowest BCUT2D eigenvalue weighted by Gasteiger charge is -2.12. The van der Waals surface area contributed by atoms with Gasteiger partial charge in [-0.05, 0) is 90.8 Å². The third-order valence-corrected chi connectivity index (χ3v) is 7.75. The van der Waals surface area contributed by atoms with Gasteiger partial charge in [0, 0.05) is 30.9 Å². The van der Waals surface area contributed by atoms with Gasteiger partial charge in [0.1, 0.15) is 24.2 Å². The number of pyridine rings is 1. The van der Waals surface area contributed by atoms with Gasteiger partial charge in [-0.15, -0.1) is 11.6 Å². The van der Waals surface area contributed by atoms with Gasteiger partial charge in [0.25, 0.3) is 5.56 Å². The first-order chi connectivity index (χ1) is 20.8. The lowest BCUT2D eigenvalue weighted by Crippen LogP contribution is -2.20. The second-order valence-electron chi connectivity index (χ2n) is 9.00. The predicted octanol–water partition coefficient (Wildman–Crippen LogP) is 6.42. The zero-order valence-corrected chi connectivity index (χ0v) is 27.1. The summed E-state index contributed by atoms with van der Waals surface area (Å²) in [6, 6.07) is 14.6. The average Bonchev–Trinajstić information content (AvgIpc) is 3.03. The Bertz CT molecular complexity index is 1800. The number of allylic oxidation sites excluding steroid dienone is 1. The fourth-order valence-corrected chi connectivity index (χ4v) is 5.29. The molecule has 0 amide bonds. The van der Waals surface area contributed by atoms with Crippen molar-refractivity contribution in [2.75, 3.05) is 14.2 Å². The molecule has 12 heteroatoms. The van der Waals surface area contributed by atoms with Crippen LogP contribution in [0, 0.1) is 0 Å². The van der Waals surface area contributed by atoms with Gasteiger partial charge < -0.3 is 14.0 Å². The van der Waals surface area contributed by atoms with Crippen molar-refractivity contribution in [1.82, 2.24) is 24.5 Å². The molecule has 9 nitrogen and oxygen atoms in total. The van der Waals surface area contributed by atoms with Crippen LogP contribution < -0.4 is 15.0 Å². The van der Waals surface area contributed by atoms with Gasteiger partial charge in [-0.3, -0.25) is 9.59 Å². The largest absolute Gasteiger partial charge is 0.496 e. The van der Waals surface area contributed by atoms with Gasteiger partial charge in [-0.2, -0.15) is 0 Å². The van der Waals surface area contributed by atoms with E-state index < -0.39 is 0 Å². The van der Waals surface area contributed by atoms with E-state index >= 15 is 0 Å². The minimum absolute atomic E-state index is 0.0783. The number of fused-ring (bicyclic) bond motifs is 2. The summed E-state index contributed by atoms with van der Waals surface area (Å²) in [7, 11) is 3.22. The quantitative estimate of drug-likeness (QED) is 0.191. The Labute approximate surface area is 269 Å². The number of rotatable bonds is 5. The number of hydrogen-bond donors (Lipinski definition) is 0. The molecule has 0 saturated carbocycles. The monoisotopic (exact) mass is 725 g/mol. The molecule has 5 aromatic rings. The van der Waals surface area contributed by atoms with Gasteiger partial charge in [-0.1, -0.05) is 6.08 Å². The highest BCUT2D eigenvalue weighted by Gasteiger charge is 2.13. The number of carbonyl (C=O) groups excluding carboxylic acids is 1. The fraction of sp³-hybridized carbons (Fsp3) is 0.161. The minimum Gasteiger partial charge on any atom is -0.496 e. The number of methoxy groups -OCH3 is 2. The molecule has 1 aliphatic rings. The van der Waals surface area contributed by atoms with Crippen molar-refractivity contribution >= 4 is 66.2 Å². The molecule has 3 heterocycles. The van der Waals surface area contributed by atoms with Crippen molar-refractivity contribution < 1.29 is 14.3 Å². The highest BCUT2D eigenvalue weighted by atomic mass is 79.9. The van der Waals surface area contributed by atoms with Crippen LogP contribution in [0.2, 0.25) is 0 Å². The Morgan fingerprint density at radius 3 is 2.09 bits per heavy atom. The molecule has 6 rings (SSSR count). The first-order valence-corrected chi connectivity index (χ1v) is 14.9. The van der Waals surface area contributed by atoms with Crippen molar-refractivity contribution in [3.05, 3.63) is 121 Å². The molecule has 220 valence electrons. The van der Waals surface area contributed by atoms with E-state index in [0.29, 0.717) is 24.6 Å². The molecule has 0 bridgehead atoms. The average molecular weight is 728 g/mol. The van der Waals surface area contributed by atoms with Crippen LogP contribution >= 0.6 is 43.5 Å². The molecule has 3 aromatic heterocycles. The maximum Gasteiger partial charge on any atom is 0.251 e. The van der Waals surface area contributed by atoms with Gasteiger partial charge in [0.05, 0.1) is 52.5 Å².